The number of nitrogens with zero attached hydrogens (tertiary/aromatic N) is 1. The summed E-state index contributed by atoms with van der Waals surface area (Å²) in [6, 6.07) is 9.80. The van der Waals surface area contributed by atoms with Crippen molar-refractivity contribution in [2.24, 2.45) is 0 Å². The number of hydrogen-bond acceptors (Lipinski definition) is 6. The van der Waals surface area contributed by atoms with E-state index in [0.717, 1.165) is 24.0 Å². The highest BCUT2D eigenvalue weighted by Gasteiger charge is 2.34. The summed E-state index contributed by atoms with van der Waals surface area (Å²) in [6.45, 7) is 6.39. The van der Waals surface area contributed by atoms with E-state index in [-0.39, 0.29) is 36.9 Å². The van der Waals surface area contributed by atoms with Crippen LogP contribution in [0.3, 0.4) is 0 Å². The van der Waals surface area contributed by atoms with Crippen LogP contribution in [0, 0.1) is 13.8 Å². The number of rotatable bonds is 8. The molecule has 2 amide bonds. The van der Waals surface area contributed by atoms with Gasteiger partial charge in [-0.2, -0.15) is 0 Å². The Labute approximate surface area is 199 Å². The van der Waals surface area contributed by atoms with Crippen molar-refractivity contribution in [2.45, 2.75) is 45.8 Å². The number of fused-ring (bicyclic) bond motifs is 1. The van der Waals surface area contributed by atoms with Crippen LogP contribution in [0.15, 0.2) is 36.4 Å². The number of carbonyl (C=O) groups excluding carboxylic acids is 3. The number of Topliss-reactive ketones (excluding diaryl/α,β-unsaturated/α-hetero) is 1. The zero-order valence-corrected chi connectivity index (χ0v) is 19.8. The highest BCUT2D eigenvalue weighted by atomic mass is 16.5. The van der Waals surface area contributed by atoms with Crippen LogP contribution in [0.4, 0.5) is 5.69 Å². The van der Waals surface area contributed by atoms with Gasteiger partial charge in [-0.15, -0.1) is 0 Å². The van der Waals surface area contributed by atoms with Gasteiger partial charge >= 0.3 is 0 Å². The molecule has 34 heavy (non-hydrogen) atoms. The summed E-state index contributed by atoms with van der Waals surface area (Å²) in [7, 11) is 0. The number of amides is 2. The average Bonchev–Trinajstić information content (AvgIpc) is 3.36. The summed E-state index contributed by atoms with van der Waals surface area (Å²) in [6.07, 6.45) is 1.89. The van der Waals surface area contributed by atoms with E-state index in [1.54, 1.807) is 25.1 Å². The molecule has 2 aliphatic heterocycles. The molecule has 0 radical (unpaired) electrons. The molecule has 1 saturated heterocycles. The Morgan fingerprint density at radius 1 is 1.24 bits per heavy atom. The molecule has 0 bridgehead atoms. The minimum atomic E-state index is -0.770. The van der Waals surface area contributed by atoms with Gasteiger partial charge in [-0.3, -0.25) is 19.3 Å². The summed E-state index contributed by atoms with van der Waals surface area (Å²) >= 11 is 0. The normalized spacial score (nSPS) is 18.1. The van der Waals surface area contributed by atoms with Gasteiger partial charge in [0, 0.05) is 18.7 Å². The number of benzene rings is 2. The van der Waals surface area contributed by atoms with Gasteiger partial charge in [-0.25, -0.2) is 0 Å². The third-order valence-corrected chi connectivity index (χ3v) is 6.37. The van der Waals surface area contributed by atoms with Crippen molar-refractivity contribution in [1.82, 2.24) is 5.32 Å². The second kappa shape index (κ2) is 10.3. The molecule has 2 aliphatic rings. The SMILES string of the molecule is Cc1cccc(OCC(=O)c2ccc3c(c2)N(C(C)C(=O)NCC2CCCO2)C(=O)CO3)c1C. The highest BCUT2D eigenvalue weighted by molar-refractivity contribution is 6.05. The first kappa shape index (κ1) is 23.8. The standard InChI is InChI=1S/C26H30N2O6/c1-16-6-4-8-23(17(16)2)33-14-22(29)19-9-10-24-21(12-19)28(25(30)15-34-24)18(3)26(31)27-13-20-7-5-11-32-20/h4,6,8-10,12,18,20H,5,7,11,13-15H2,1-3H3,(H,27,31). The Kier molecular flexibility index (Phi) is 7.17. The molecule has 0 saturated carbocycles. The smallest absolute Gasteiger partial charge is 0.265 e. The van der Waals surface area contributed by atoms with Gasteiger partial charge in [0.15, 0.2) is 19.0 Å². The summed E-state index contributed by atoms with van der Waals surface area (Å²) in [4.78, 5) is 39.8. The first-order valence-corrected chi connectivity index (χ1v) is 11.6. The predicted octanol–water partition coefficient (Wildman–Crippen LogP) is 2.97. The highest BCUT2D eigenvalue weighted by Crippen LogP contribution is 2.34. The lowest BCUT2D eigenvalue weighted by molar-refractivity contribution is -0.127. The molecule has 2 unspecified atom stereocenters. The lowest BCUT2D eigenvalue weighted by Crippen LogP contribution is -2.52. The molecule has 0 aliphatic carbocycles. The van der Waals surface area contributed by atoms with Crippen LogP contribution >= 0.6 is 0 Å². The average molecular weight is 467 g/mol. The van der Waals surface area contributed by atoms with Crippen molar-refractivity contribution < 1.29 is 28.6 Å². The molecule has 2 atom stereocenters. The van der Waals surface area contributed by atoms with E-state index < -0.39 is 6.04 Å². The number of ketones is 1. The number of nitrogens with one attached hydrogen (secondary N) is 1. The summed E-state index contributed by atoms with van der Waals surface area (Å²) in [5, 5.41) is 2.87. The van der Waals surface area contributed by atoms with E-state index in [1.807, 2.05) is 32.0 Å². The van der Waals surface area contributed by atoms with E-state index in [9.17, 15) is 14.4 Å². The van der Waals surface area contributed by atoms with Crippen molar-refractivity contribution >= 4 is 23.3 Å². The molecule has 8 nitrogen and oxygen atoms in total. The maximum atomic E-state index is 12.9. The van der Waals surface area contributed by atoms with Gasteiger partial charge in [0.25, 0.3) is 5.91 Å². The van der Waals surface area contributed by atoms with Gasteiger partial charge in [-0.05, 0) is 69.0 Å². The summed E-state index contributed by atoms with van der Waals surface area (Å²) in [5.74, 6) is 0.237. The second-order valence-corrected chi connectivity index (χ2v) is 8.70. The maximum Gasteiger partial charge on any atom is 0.265 e. The first-order valence-electron chi connectivity index (χ1n) is 11.6. The number of ether oxygens (including phenoxy) is 3. The number of hydrogen-bond donors (Lipinski definition) is 1. The van der Waals surface area contributed by atoms with Crippen LogP contribution in [0.25, 0.3) is 0 Å². The van der Waals surface area contributed by atoms with Crippen molar-refractivity contribution in [3.05, 3.63) is 53.1 Å². The molecule has 2 heterocycles. The molecule has 1 fully saturated rings. The molecule has 0 aromatic heterocycles. The van der Waals surface area contributed by atoms with Crippen LogP contribution < -0.4 is 19.7 Å². The molecular formula is C26H30N2O6. The lowest BCUT2D eigenvalue weighted by Gasteiger charge is -2.33. The van der Waals surface area contributed by atoms with Crippen LogP contribution in [-0.4, -0.2) is 56.1 Å². The fourth-order valence-electron chi connectivity index (χ4n) is 4.16. The Morgan fingerprint density at radius 2 is 2.06 bits per heavy atom. The topological polar surface area (TPSA) is 94.2 Å². The van der Waals surface area contributed by atoms with Crippen molar-refractivity contribution in [1.29, 1.82) is 0 Å². The van der Waals surface area contributed by atoms with Crippen LogP contribution in [0.5, 0.6) is 11.5 Å². The van der Waals surface area contributed by atoms with E-state index in [4.69, 9.17) is 14.2 Å². The largest absolute Gasteiger partial charge is 0.485 e. The second-order valence-electron chi connectivity index (χ2n) is 8.70. The molecule has 180 valence electrons. The van der Waals surface area contributed by atoms with Crippen molar-refractivity contribution in [3.63, 3.8) is 0 Å². The maximum absolute atomic E-state index is 12.9. The molecule has 2 aromatic carbocycles. The zero-order valence-electron chi connectivity index (χ0n) is 19.8. The predicted molar refractivity (Wildman–Crippen MR) is 127 cm³/mol. The monoisotopic (exact) mass is 466 g/mol. The van der Waals surface area contributed by atoms with Crippen LogP contribution in [0.1, 0.15) is 41.3 Å². The lowest BCUT2D eigenvalue weighted by atomic mass is 10.1. The minimum Gasteiger partial charge on any atom is -0.485 e. The van der Waals surface area contributed by atoms with E-state index >= 15 is 0 Å². The van der Waals surface area contributed by atoms with Gasteiger partial charge in [0.05, 0.1) is 11.8 Å². The number of carbonyl (C=O) groups is 3. The van der Waals surface area contributed by atoms with E-state index in [0.29, 0.717) is 35.9 Å². The molecule has 8 heteroatoms. The zero-order chi connectivity index (χ0) is 24.2. The van der Waals surface area contributed by atoms with Gasteiger partial charge in [0.1, 0.15) is 17.5 Å². The Bertz CT molecular complexity index is 1090. The molecular weight excluding hydrogens is 436 g/mol. The molecule has 0 spiro atoms. The summed E-state index contributed by atoms with van der Waals surface area (Å²) < 4.78 is 16.9. The Hall–Kier alpha value is -3.39. The number of aryl methyl sites for hydroxylation is 1. The van der Waals surface area contributed by atoms with Crippen LogP contribution in [0.2, 0.25) is 0 Å². The van der Waals surface area contributed by atoms with E-state index in [2.05, 4.69) is 5.32 Å². The molecule has 2 aromatic rings. The van der Waals surface area contributed by atoms with Gasteiger partial charge in [-0.1, -0.05) is 12.1 Å². The van der Waals surface area contributed by atoms with Crippen molar-refractivity contribution in [3.8, 4) is 11.5 Å². The molecule has 1 N–H and O–H groups in total. The fraction of sp³-hybridized carbons (Fsp3) is 0.423. The van der Waals surface area contributed by atoms with Gasteiger partial charge < -0.3 is 19.5 Å². The Balaban J connectivity index is 1.48. The van der Waals surface area contributed by atoms with Crippen LogP contribution in [-0.2, 0) is 14.3 Å². The quantitative estimate of drug-likeness (QED) is 0.601. The van der Waals surface area contributed by atoms with E-state index in [1.165, 1.54) is 4.90 Å². The minimum absolute atomic E-state index is 0.00471. The third-order valence-electron chi connectivity index (χ3n) is 6.37. The Morgan fingerprint density at radius 3 is 2.82 bits per heavy atom. The van der Waals surface area contributed by atoms with Gasteiger partial charge in [0.2, 0.25) is 5.91 Å². The molecule has 4 rings (SSSR count). The third kappa shape index (κ3) is 5.07. The number of anilines is 1. The first-order chi connectivity index (χ1) is 16.3. The fourth-order valence-corrected chi connectivity index (χ4v) is 4.16. The summed E-state index contributed by atoms with van der Waals surface area (Å²) in [5.41, 5.74) is 2.83. The van der Waals surface area contributed by atoms with Crippen molar-refractivity contribution in [2.75, 3.05) is 31.3 Å².